The van der Waals surface area contributed by atoms with Crippen molar-refractivity contribution in [2.45, 2.75) is 38.8 Å². The molecule has 2 aliphatic rings. The number of aromatic nitrogens is 2. The number of nitrogens with one attached hydrogen (secondary N) is 1. The van der Waals surface area contributed by atoms with Gasteiger partial charge < -0.3 is 5.32 Å². The van der Waals surface area contributed by atoms with Crippen LogP contribution in [0.3, 0.4) is 0 Å². The van der Waals surface area contributed by atoms with Crippen LogP contribution in [0.5, 0.6) is 0 Å². The predicted octanol–water partition coefficient (Wildman–Crippen LogP) is 6.97. The first kappa shape index (κ1) is 20.7. The summed E-state index contributed by atoms with van der Waals surface area (Å²) in [6.07, 6.45) is 5.31. The van der Waals surface area contributed by atoms with E-state index >= 15 is 4.39 Å². The highest BCUT2D eigenvalue weighted by molar-refractivity contribution is 6.30. The number of aliphatic imine (C=N–C) groups is 1. The molecule has 0 fully saturated rings. The van der Waals surface area contributed by atoms with Crippen molar-refractivity contribution in [3.05, 3.63) is 94.0 Å². The lowest BCUT2D eigenvalue weighted by Crippen LogP contribution is -2.29. The maximum atomic E-state index is 17.1. The van der Waals surface area contributed by atoms with E-state index in [2.05, 4.69) is 27.0 Å². The SMILES string of the molecule is C/C=C(/c1ccccc1)n1c(C)nc2c1Nc1c(C)cccc1C1(F)CC=NC=C(Cl)C21. The summed E-state index contributed by atoms with van der Waals surface area (Å²) in [5.74, 6) is 0.715. The number of alkyl halides is 1. The van der Waals surface area contributed by atoms with Gasteiger partial charge in [0.25, 0.3) is 0 Å². The predicted molar refractivity (Wildman–Crippen MR) is 129 cm³/mol. The Morgan fingerprint density at radius 2 is 1.97 bits per heavy atom. The normalized spacial score (nSPS) is 22.1. The van der Waals surface area contributed by atoms with Crippen LogP contribution in [0.25, 0.3) is 5.70 Å². The number of para-hydroxylation sites is 1. The van der Waals surface area contributed by atoms with Gasteiger partial charge in [-0.05, 0) is 31.9 Å². The molecule has 1 N–H and O–H groups in total. The molecule has 2 atom stereocenters. The number of nitrogens with zero attached hydrogens (tertiary/aromatic N) is 3. The van der Waals surface area contributed by atoms with E-state index in [1.165, 1.54) is 0 Å². The lowest BCUT2D eigenvalue weighted by atomic mass is 9.78. The molecular formula is C26H24ClFN4. The summed E-state index contributed by atoms with van der Waals surface area (Å²) in [7, 11) is 0. The van der Waals surface area contributed by atoms with Gasteiger partial charge in [-0.25, -0.2) is 9.37 Å². The van der Waals surface area contributed by atoms with Crippen molar-refractivity contribution >= 4 is 35.0 Å². The van der Waals surface area contributed by atoms with Gasteiger partial charge in [0.05, 0.1) is 17.3 Å². The minimum atomic E-state index is -1.78. The van der Waals surface area contributed by atoms with E-state index in [1.54, 1.807) is 12.4 Å². The molecule has 2 aliphatic heterocycles. The molecule has 5 rings (SSSR count). The Labute approximate surface area is 192 Å². The minimum absolute atomic E-state index is 0.114. The van der Waals surface area contributed by atoms with Crippen molar-refractivity contribution in [2.24, 2.45) is 4.99 Å². The second-order valence-electron chi connectivity index (χ2n) is 8.24. The van der Waals surface area contributed by atoms with E-state index in [9.17, 15) is 0 Å². The fourth-order valence-electron chi connectivity index (χ4n) is 4.83. The average Bonchev–Trinajstić information content (AvgIpc) is 2.93. The zero-order valence-electron chi connectivity index (χ0n) is 18.2. The van der Waals surface area contributed by atoms with Gasteiger partial charge in [-0.3, -0.25) is 9.56 Å². The van der Waals surface area contributed by atoms with Crippen molar-refractivity contribution < 1.29 is 4.39 Å². The molecule has 0 bridgehead atoms. The molecule has 0 spiro atoms. The van der Waals surface area contributed by atoms with E-state index in [-0.39, 0.29) is 6.42 Å². The van der Waals surface area contributed by atoms with E-state index in [0.717, 1.165) is 34.2 Å². The topological polar surface area (TPSA) is 42.2 Å². The third kappa shape index (κ3) is 3.03. The monoisotopic (exact) mass is 446 g/mol. The number of fused-ring (bicyclic) bond motifs is 5. The number of allylic oxidation sites excluding steroid dienone is 2. The summed E-state index contributed by atoms with van der Waals surface area (Å²) in [4.78, 5) is 9.10. The second kappa shape index (κ2) is 7.75. The highest BCUT2D eigenvalue weighted by Crippen LogP contribution is 2.55. The van der Waals surface area contributed by atoms with Gasteiger partial charge in [0.2, 0.25) is 0 Å². The minimum Gasteiger partial charge on any atom is -0.339 e. The fourth-order valence-corrected chi connectivity index (χ4v) is 5.17. The highest BCUT2D eigenvalue weighted by Gasteiger charge is 2.50. The summed E-state index contributed by atoms with van der Waals surface area (Å²) >= 11 is 6.70. The molecular weight excluding hydrogens is 423 g/mol. The molecule has 3 heterocycles. The second-order valence-corrected chi connectivity index (χ2v) is 8.67. The maximum Gasteiger partial charge on any atom is 0.156 e. The van der Waals surface area contributed by atoms with Crippen molar-refractivity contribution in [1.82, 2.24) is 9.55 Å². The molecule has 1 aromatic heterocycles. The lowest BCUT2D eigenvalue weighted by Gasteiger charge is -2.31. The summed E-state index contributed by atoms with van der Waals surface area (Å²) in [6, 6.07) is 15.8. The van der Waals surface area contributed by atoms with Gasteiger partial charge in [-0.2, -0.15) is 0 Å². The molecule has 2 unspecified atom stereocenters. The zero-order valence-corrected chi connectivity index (χ0v) is 19.0. The molecule has 0 amide bonds. The molecule has 6 heteroatoms. The Balaban J connectivity index is 1.83. The molecule has 32 heavy (non-hydrogen) atoms. The van der Waals surface area contributed by atoms with Crippen LogP contribution in [0, 0.1) is 13.8 Å². The van der Waals surface area contributed by atoms with Crippen molar-refractivity contribution in [3.8, 4) is 0 Å². The van der Waals surface area contributed by atoms with E-state index in [0.29, 0.717) is 16.3 Å². The zero-order chi connectivity index (χ0) is 22.5. The van der Waals surface area contributed by atoms with Gasteiger partial charge in [0.15, 0.2) is 5.67 Å². The van der Waals surface area contributed by atoms with Gasteiger partial charge in [-0.1, -0.05) is 66.2 Å². The van der Waals surface area contributed by atoms with Crippen LogP contribution in [0.15, 0.2) is 70.8 Å². The van der Waals surface area contributed by atoms with Crippen LogP contribution in [0.4, 0.5) is 15.9 Å². The summed E-state index contributed by atoms with van der Waals surface area (Å²) in [5.41, 5.74) is 3.11. The Kier molecular flexibility index (Phi) is 5.01. The van der Waals surface area contributed by atoms with Crippen LogP contribution in [-0.4, -0.2) is 15.8 Å². The molecule has 162 valence electrons. The number of rotatable bonds is 2. The Hall–Kier alpha value is -3.18. The van der Waals surface area contributed by atoms with Crippen LogP contribution in [0.1, 0.15) is 47.5 Å². The third-order valence-electron chi connectivity index (χ3n) is 6.32. The summed E-state index contributed by atoms with van der Waals surface area (Å²) in [6.45, 7) is 5.92. The Bertz CT molecular complexity index is 1290. The maximum absolute atomic E-state index is 17.1. The van der Waals surface area contributed by atoms with Gasteiger partial charge >= 0.3 is 0 Å². The third-order valence-corrected chi connectivity index (χ3v) is 6.63. The van der Waals surface area contributed by atoms with Crippen molar-refractivity contribution in [3.63, 3.8) is 0 Å². The molecule has 0 saturated carbocycles. The molecule has 2 aromatic carbocycles. The van der Waals surface area contributed by atoms with Crippen LogP contribution >= 0.6 is 11.6 Å². The highest BCUT2D eigenvalue weighted by atomic mass is 35.5. The summed E-state index contributed by atoms with van der Waals surface area (Å²) in [5, 5.41) is 3.90. The van der Waals surface area contributed by atoms with E-state index in [4.69, 9.17) is 16.6 Å². The first-order chi connectivity index (χ1) is 15.5. The fraction of sp³-hybridized carbons (Fsp3) is 0.231. The number of benzene rings is 2. The Morgan fingerprint density at radius 3 is 2.72 bits per heavy atom. The molecule has 0 radical (unpaired) electrons. The van der Waals surface area contributed by atoms with Crippen molar-refractivity contribution in [2.75, 3.05) is 5.32 Å². The lowest BCUT2D eigenvalue weighted by molar-refractivity contribution is 0.153. The van der Waals surface area contributed by atoms with Crippen LogP contribution < -0.4 is 5.32 Å². The standard InChI is InChI=1S/C26H24ClFN4/c1-4-21(18-10-6-5-7-11-18)32-17(3)30-24-22-20(27)15-29-14-13-26(22,28)19-12-8-9-16(2)23(19)31-25(24)32/h4-12,14-15,22,31H,13H2,1-3H3/b21-4-. The smallest absolute Gasteiger partial charge is 0.156 e. The largest absolute Gasteiger partial charge is 0.339 e. The van der Waals surface area contributed by atoms with Gasteiger partial charge in [0, 0.05) is 35.1 Å². The van der Waals surface area contributed by atoms with Gasteiger partial charge in [0.1, 0.15) is 11.6 Å². The molecule has 0 aliphatic carbocycles. The van der Waals surface area contributed by atoms with Crippen molar-refractivity contribution in [1.29, 1.82) is 0 Å². The first-order valence-corrected chi connectivity index (χ1v) is 11.1. The average molecular weight is 447 g/mol. The number of anilines is 2. The first-order valence-electron chi connectivity index (χ1n) is 10.7. The number of halogens is 2. The van der Waals surface area contributed by atoms with Crippen LogP contribution in [-0.2, 0) is 5.67 Å². The quantitative estimate of drug-likeness (QED) is 0.461. The summed E-state index contributed by atoms with van der Waals surface area (Å²) < 4.78 is 19.1. The molecule has 3 aromatic rings. The molecule has 0 saturated heterocycles. The van der Waals surface area contributed by atoms with Crippen LogP contribution in [0.2, 0.25) is 0 Å². The molecule has 4 nitrogen and oxygen atoms in total. The number of hydrogen-bond acceptors (Lipinski definition) is 3. The Morgan fingerprint density at radius 1 is 1.19 bits per heavy atom. The van der Waals surface area contributed by atoms with E-state index < -0.39 is 11.6 Å². The number of aryl methyl sites for hydroxylation is 2. The van der Waals surface area contributed by atoms with Gasteiger partial charge in [-0.15, -0.1) is 0 Å². The number of hydrogen-bond donors (Lipinski definition) is 1. The van der Waals surface area contributed by atoms with E-state index in [1.807, 2.05) is 63.2 Å². The number of imidazole rings is 1.